The zero-order valence-corrected chi connectivity index (χ0v) is 13.6. The Morgan fingerprint density at radius 2 is 1.91 bits per heavy atom. The van der Waals surface area contributed by atoms with Crippen LogP contribution in [0, 0.1) is 5.82 Å². The first-order chi connectivity index (χ1) is 11.1. The van der Waals surface area contributed by atoms with Crippen LogP contribution in [0.3, 0.4) is 0 Å². The molecule has 1 aromatic carbocycles. The summed E-state index contributed by atoms with van der Waals surface area (Å²) in [4.78, 5) is 15.9. The normalized spacial score (nSPS) is 13.3. The van der Waals surface area contributed by atoms with Crippen molar-refractivity contribution in [1.29, 1.82) is 0 Å². The molecule has 0 fully saturated rings. The zero-order valence-electron chi connectivity index (χ0n) is 12.8. The molecule has 2 rings (SSSR count). The number of hydrogen-bond acceptors (Lipinski definition) is 4. The predicted molar refractivity (Wildman–Crippen MR) is 89.4 cm³/mol. The molecule has 0 bridgehead atoms. The van der Waals surface area contributed by atoms with Crippen LogP contribution in [0.25, 0.3) is 0 Å². The summed E-state index contributed by atoms with van der Waals surface area (Å²) in [6, 6.07) is 8.98. The van der Waals surface area contributed by atoms with Gasteiger partial charge in [0.05, 0.1) is 17.9 Å². The monoisotopic (exact) mass is 334 g/mol. The van der Waals surface area contributed by atoms with Crippen LogP contribution in [0.2, 0.25) is 0 Å². The van der Waals surface area contributed by atoms with Crippen LogP contribution >= 0.6 is 11.8 Å². The Balaban J connectivity index is 1.76. The highest BCUT2D eigenvalue weighted by atomic mass is 32.2. The van der Waals surface area contributed by atoms with Gasteiger partial charge in [0.2, 0.25) is 5.91 Å². The Kier molecular flexibility index (Phi) is 6.55. The molecule has 0 aliphatic rings. The lowest BCUT2D eigenvalue weighted by Gasteiger charge is -2.20. The van der Waals surface area contributed by atoms with Gasteiger partial charge in [-0.2, -0.15) is 0 Å². The third-order valence-electron chi connectivity index (χ3n) is 3.33. The van der Waals surface area contributed by atoms with Crippen molar-refractivity contribution >= 4 is 17.7 Å². The molecule has 23 heavy (non-hydrogen) atoms. The van der Waals surface area contributed by atoms with E-state index in [0.29, 0.717) is 11.3 Å². The number of pyridine rings is 1. The molecule has 0 radical (unpaired) electrons. The number of thioether (sulfide) groups is 1. The molecule has 1 amide bonds. The number of aliphatic hydroxyl groups excluding tert-OH is 1. The molecule has 1 heterocycles. The highest BCUT2D eigenvalue weighted by molar-refractivity contribution is 7.99. The summed E-state index contributed by atoms with van der Waals surface area (Å²) in [5, 5.41) is 12.9. The van der Waals surface area contributed by atoms with Gasteiger partial charge in [0.15, 0.2) is 0 Å². The molecule has 2 N–H and O–H groups in total. The number of aromatic nitrogens is 1. The van der Waals surface area contributed by atoms with Gasteiger partial charge in [-0.3, -0.25) is 9.78 Å². The van der Waals surface area contributed by atoms with E-state index in [0.717, 1.165) is 11.3 Å². The second-order valence-corrected chi connectivity index (χ2v) is 6.19. The van der Waals surface area contributed by atoms with E-state index in [4.69, 9.17) is 0 Å². The minimum atomic E-state index is -0.871. The molecule has 0 spiro atoms. The second-order valence-electron chi connectivity index (χ2n) is 5.20. The summed E-state index contributed by atoms with van der Waals surface area (Å²) in [6.07, 6.45) is 2.57. The topological polar surface area (TPSA) is 62.2 Å². The molecule has 2 aromatic rings. The number of aliphatic hydroxyl groups is 1. The number of rotatable bonds is 7. The highest BCUT2D eigenvalue weighted by Crippen LogP contribution is 2.17. The van der Waals surface area contributed by atoms with Gasteiger partial charge in [0.25, 0.3) is 0 Å². The smallest absolute Gasteiger partial charge is 0.230 e. The third kappa shape index (κ3) is 5.65. The summed E-state index contributed by atoms with van der Waals surface area (Å²) in [6.45, 7) is 1.72. The average molecular weight is 334 g/mol. The van der Waals surface area contributed by atoms with Gasteiger partial charge in [0.1, 0.15) is 5.82 Å². The van der Waals surface area contributed by atoms with Crippen LogP contribution in [0.1, 0.15) is 24.2 Å². The summed E-state index contributed by atoms with van der Waals surface area (Å²) < 4.78 is 12.9. The van der Waals surface area contributed by atoms with Crippen LogP contribution in [-0.4, -0.2) is 27.8 Å². The Morgan fingerprint density at radius 1 is 1.26 bits per heavy atom. The quantitative estimate of drug-likeness (QED) is 0.817. The van der Waals surface area contributed by atoms with E-state index in [-0.39, 0.29) is 11.7 Å². The van der Waals surface area contributed by atoms with Gasteiger partial charge in [-0.25, -0.2) is 4.39 Å². The maximum Gasteiger partial charge on any atom is 0.230 e. The molecule has 4 nitrogen and oxygen atoms in total. The van der Waals surface area contributed by atoms with Crippen molar-refractivity contribution in [3.05, 3.63) is 65.7 Å². The summed E-state index contributed by atoms with van der Waals surface area (Å²) in [5.41, 5.74) is 1.68. The SMILES string of the molecule is CC(NC(=O)CSCc1ccncc1)C(O)c1ccc(F)cc1. The number of amides is 1. The number of benzene rings is 1. The largest absolute Gasteiger partial charge is 0.386 e. The number of hydrogen-bond donors (Lipinski definition) is 2. The first kappa shape index (κ1) is 17.4. The maximum absolute atomic E-state index is 12.9. The van der Waals surface area contributed by atoms with Crippen molar-refractivity contribution in [3.63, 3.8) is 0 Å². The van der Waals surface area contributed by atoms with E-state index >= 15 is 0 Å². The van der Waals surface area contributed by atoms with Crippen LogP contribution in [0.15, 0.2) is 48.8 Å². The third-order valence-corrected chi connectivity index (χ3v) is 4.33. The molecule has 6 heteroatoms. The van der Waals surface area contributed by atoms with Gasteiger partial charge < -0.3 is 10.4 Å². The van der Waals surface area contributed by atoms with E-state index in [1.54, 1.807) is 19.3 Å². The number of carbonyl (C=O) groups is 1. The van der Waals surface area contributed by atoms with Gasteiger partial charge in [-0.1, -0.05) is 12.1 Å². The van der Waals surface area contributed by atoms with E-state index in [9.17, 15) is 14.3 Å². The molecular formula is C17H19FN2O2S. The van der Waals surface area contributed by atoms with Crippen LogP contribution in [0.5, 0.6) is 0 Å². The molecule has 0 aliphatic carbocycles. The van der Waals surface area contributed by atoms with Crippen molar-refractivity contribution in [3.8, 4) is 0 Å². The lowest BCUT2D eigenvalue weighted by atomic mass is 10.0. The van der Waals surface area contributed by atoms with Crippen molar-refractivity contribution in [2.24, 2.45) is 0 Å². The van der Waals surface area contributed by atoms with E-state index in [1.807, 2.05) is 12.1 Å². The summed E-state index contributed by atoms with van der Waals surface area (Å²) in [7, 11) is 0. The minimum Gasteiger partial charge on any atom is -0.386 e. The fourth-order valence-corrected chi connectivity index (χ4v) is 2.86. The lowest BCUT2D eigenvalue weighted by molar-refractivity contribution is -0.119. The van der Waals surface area contributed by atoms with Crippen LogP contribution < -0.4 is 5.32 Å². The fraction of sp³-hybridized carbons (Fsp3) is 0.294. The Bertz CT molecular complexity index is 622. The van der Waals surface area contributed by atoms with Crippen molar-refractivity contribution in [2.45, 2.75) is 24.8 Å². The first-order valence-electron chi connectivity index (χ1n) is 7.26. The van der Waals surface area contributed by atoms with E-state index in [2.05, 4.69) is 10.3 Å². The van der Waals surface area contributed by atoms with E-state index < -0.39 is 12.1 Å². The van der Waals surface area contributed by atoms with Gasteiger partial charge in [0, 0.05) is 18.1 Å². The molecule has 1 aromatic heterocycles. The van der Waals surface area contributed by atoms with E-state index in [1.165, 1.54) is 36.0 Å². The average Bonchev–Trinajstić information content (AvgIpc) is 2.56. The second kappa shape index (κ2) is 8.64. The lowest BCUT2D eigenvalue weighted by Crippen LogP contribution is -2.38. The van der Waals surface area contributed by atoms with Crippen molar-refractivity contribution in [1.82, 2.24) is 10.3 Å². The van der Waals surface area contributed by atoms with Crippen LogP contribution in [-0.2, 0) is 10.5 Å². The van der Waals surface area contributed by atoms with Crippen molar-refractivity contribution in [2.75, 3.05) is 5.75 Å². The molecule has 122 valence electrons. The number of nitrogens with zero attached hydrogens (tertiary/aromatic N) is 1. The Labute approximate surface area is 139 Å². The molecule has 2 unspecified atom stereocenters. The summed E-state index contributed by atoms with van der Waals surface area (Å²) >= 11 is 1.49. The summed E-state index contributed by atoms with van der Waals surface area (Å²) in [5.74, 6) is 0.538. The molecule has 2 atom stereocenters. The zero-order chi connectivity index (χ0) is 16.7. The maximum atomic E-state index is 12.9. The number of nitrogens with one attached hydrogen (secondary N) is 1. The number of carbonyl (C=O) groups excluding carboxylic acids is 1. The fourth-order valence-electron chi connectivity index (χ4n) is 2.06. The Hall–Kier alpha value is -1.92. The van der Waals surface area contributed by atoms with Gasteiger partial charge >= 0.3 is 0 Å². The van der Waals surface area contributed by atoms with Crippen molar-refractivity contribution < 1.29 is 14.3 Å². The van der Waals surface area contributed by atoms with Crippen LogP contribution in [0.4, 0.5) is 4.39 Å². The molecule has 0 saturated carbocycles. The standard InChI is InChI=1S/C17H19FN2O2S/c1-12(17(22)14-2-4-15(18)5-3-14)20-16(21)11-23-10-13-6-8-19-9-7-13/h2-9,12,17,22H,10-11H2,1H3,(H,20,21). The highest BCUT2D eigenvalue weighted by Gasteiger charge is 2.18. The minimum absolute atomic E-state index is 0.141. The molecule has 0 aliphatic heterocycles. The Morgan fingerprint density at radius 3 is 2.57 bits per heavy atom. The van der Waals surface area contributed by atoms with Gasteiger partial charge in [-0.05, 0) is 42.3 Å². The first-order valence-corrected chi connectivity index (χ1v) is 8.41. The van der Waals surface area contributed by atoms with Gasteiger partial charge in [-0.15, -0.1) is 11.8 Å². The molecule has 0 saturated heterocycles. The number of halogens is 1. The predicted octanol–water partition coefficient (Wildman–Crippen LogP) is 2.69. The molecular weight excluding hydrogens is 315 g/mol.